The fraction of sp³-hybridized carbons (Fsp3) is 0. The Hall–Kier alpha value is -3.29. The smallest absolute Gasteiger partial charge is 0.339 e. The topological polar surface area (TPSA) is 114 Å². The lowest BCUT2D eigenvalue weighted by Crippen LogP contribution is -2.00. The molecule has 0 amide bonds. The maximum atomic E-state index is 11.0. The van der Waals surface area contributed by atoms with E-state index in [2.05, 4.69) is 10.4 Å². The van der Waals surface area contributed by atoms with Crippen LogP contribution in [0.25, 0.3) is 0 Å². The van der Waals surface area contributed by atoms with Crippen molar-refractivity contribution in [1.82, 2.24) is 0 Å². The zero-order chi connectivity index (χ0) is 15.2. The number of carboxylic acids is 1. The Morgan fingerprint density at radius 3 is 2.52 bits per heavy atom. The molecule has 0 radical (unpaired) electrons. The first-order valence-corrected chi connectivity index (χ1v) is 5.73. The van der Waals surface area contributed by atoms with Crippen LogP contribution in [0.15, 0.2) is 58.9 Å². The number of nitrogens with zero attached hydrogens (tertiary/aromatic N) is 3. The van der Waals surface area contributed by atoms with Crippen molar-refractivity contribution in [1.29, 1.82) is 0 Å². The van der Waals surface area contributed by atoms with E-state index in [1.54, 1.807) is 30.3 Å². The van der Waals surface area contributed by atoms with E-state index in [4.69, 9.17) is 9.94 Å². The summed E-state index contributed by atoms with van der Waals surface area (Å²) >= 11 is 0. The van der Waals surface area contributed by atoms with Crippen LogP contribution in [-0.4, -0.2) is 16.0 Å². The first kappa shape index (κ1) is 14.1. The number of rotatable bonds is 5. The average molecular weight is 287 g/mol. The summed E-state index contributed by atoms with van der Waals surface area (Å²) in [6.45, 7) is 0. The van der Waals surface area contributed by atoms with Gasteiger partial charge in [-0.15, -0.1) is 5.11 Å². The molecule has 0 saturated heterocycles. The number of nitro groups is 1. The van der Waals surface area contributed by atoms with Crippen LogP contribution in [0.1, 0.15) is 10.4 Å². The molecule has 0 heterocycles. The molecule has 106 valence electrons. The second kappa shape index (κ2) is 6.24. The summed E-state index contributed by atoms with van der Waals surface area (Å²) in [6, 6.07) is 11.7. The number of aromatic carboxylic acids is 1. The zero-order valence-electron chi connectivity index (χ0n) is 10.5. The predicted molar refractivity (Wildman–Crippen MR) is 71.6 cm³/mol. The Balaban J connectivity index is 2.25. The SMILES string of the molecule is O=C(O)c1ccc([N+](=O)[O-])cc1ON=Nc1ccccc1. The van der Waals surface area contributed by atoms with Crippen LogP contribution in [-0.2, 0) is 0 Å². The summed E-state index contributed by atoms with van der Waals surface area (Å²) in [5.74, 6) is -1.54. The lowest BCUT2D eigenvalue weighted by molar-refractivity contribution is -0.384. The fourth-order valence-electron chi connectivity index (χ4n) is 1.48. The van der Waals surface area contributed by atoms with E-state index in [1.807, 2.05) is 0 Å². The molecule has 8 heteroatoms. The molecule has 0 aliphatic rings. The van der Waals surface area contributed by atoms with Gasteiger partial charge in [0.25, 0.3) is 5.69 Å². The summed E-state index contributed by atoms with van der Waals surface area (Å²) in [4.78, 5) is 25.9. The maximum Gasteiger partial charge on any atom is 0.339 e. The minimum atomic E-state index is -1.28. The van der Waals surface area contributed by atoms with E-state index in [-0.39, 0.29) is 17.0 Å². The summed E-state index contributed by atoms with van der Waals surface area (Å²) < 4.78 is 0. The third-order valence-electron chi connectivity index (χ3n) is 2.46. The lowest BCUT2D eigenvalue weighted by atomic mass is 10.2. The van der Waals surface area contributed by atoms with Crippen molar-refractivity contribution in [3.63, 3.8) is 0 Å². The van der Waals surface area contributed by atoms with Crippen LogP contribution in [0.5, 0.6) is 5.75 Å². The molecule has 0 unspecified atom stereocenters. The van der Waals surface area contributed by atoms with E-state index in [9.17, 15) is 14.9 Å². The normalized spacial score (nSPS) is 10.5. The van der Waals surface area contributed by atoms with Crippen molar-refractivity contribution in [3.05, 3.63) is 64.2 Å². The van der Waals surface area contributed by atoms with Crippen molar-refractivity contribution in [2.75, 3.05) is 0 Å². The van der Waals surface area contributed by atoms with Crippen LogP contribution < -0.4 is 4.84 Å². The monoisotopic (exact) mass is 287 g/mol. The van der Waals surface area contributed by atoms with E-state index >= 15 is 0 Å². The van der Waals surface area contributed by atoms with Gasteiger partial charge in [-0.2, -0.15) is 0 Å². The molecule has 0 saturated carbocycles. The Morgan fingerprint density at radius 2 is 1.90 bits per heavy atom. The highest BCUT2D eigenvalue weighted by Gasteiger charge is 2.17. The minimum absolute atomic E-state index is 0.243. The van der Waals surface area contributed by atoms with Crippen LogP contribution in [0.4, 0.5) is 11.4 Å². The molecule has 0 fully saturated rings. The number of carboxylic acid groups (broad SMARTS) is 1. The standard InChI is InChI=1S/C13H9N3O5/c17-13(18)11-7-6-10(16(19)20)8-12(11)21-15-14-9-4-2-1-3-5-9/h1-8H,(H,17,18). The Bertz CT molecular complexity index is 700. The molecule has 0 bridgehead atoms. The van der Waals surface area contributed by atoms with Gasteiger partial charge in [0, 0.05) is 11.3 Å². The molecule has 1 N–H and O–H groups in total. The van der Waals surface area contributed by atoms with E-state index in [1.165, 1.54) is 0 Å². The average Bonchev–Trinajstić information content (AvgIpc) is 2.48. The number of carbonyl (C=O) groups is 1. The highest BCUT2D eigenvalue weighted by molar-refractivity contribution is 5.91. The molecule has 2 aromatic rings. The van der Waals surface area contributed by atoms with E-state index in [0.29, 0.717) is 5.69 Å². The van der Waals surface area contributed by atoms with Gasteiger partial charge in [0.15, 0.2) is 5.75 Å². The Kier molecular flexibility index (Phi) is 4.20. The van der Waals surface area contributed by atoms with Gasteiger partial charge < -0.3 is 9.94 Å². The summed E-state index contributed by atoms with van der Waals surface area (Å²) in [7, 11) is 0. The van der Waals surface area contributed by atoms with E-state index < -0.39 is 10.9 Å². The first-order chi connectivity index (χ1) is 10.1. The molecule has 0 atom stereocenters. The number of benzene rings is 2. The molecular formula is C13H9N3O5. The second-order valence-corrected chi connectivity index (χ2v) is 3.85. The zero-order valence-corrected chi connectivity index (χ0v) is 10.5. The third-order valence-corrected chi connectivity index (χ3v) is 2.46. The van der Waals surface area contributed by atoms with E-state index in [0.717, 1.165) is 18.2 Å². The van der Waals surface area contributed by atoms with Gasteiger partial charge in [-0.1, -0.05) is 18.2 Å². The molecule has 0 aliphatic carbocycles. The predicted octanol–water partition coefficient (Wildman–Crippen LogP) is 3.37. The highest BCUT2D eigenvalue weighted by atomic mass is 16.6. The quantitative estimate of drug-likeness (QED) is 0.514. The molecule has 8 nitrogen and oxygen atoms in total. The minimum Gasteiger partial charge on any atom is -0.478 e. The number of hydrogen-bond acceptors (Lipinski definition) is 6. The lowest BCUT2D eigenvalue weighted by Gasteiger charge is -2.02. The second-order valence-electron chi connectivity index (χ2n) is 3.85. The molecule has 21 heavy (non-hydrogen) atoms. The van der Waals surface area contributed by atoms with Crippen LogP contribution >= 0.6 is 0 Å². The van der Waals surface area contributed by atoms with Gasteiger partial charge in [-0.05, 0) is 18.2 Å². The van der Waals surface area contributed by atoms with Crippen LogP contribution in [0.2, 0.25) is 0 Å². The molecule has 0 aliphatic heterocycles. The molecular weight excluding hydrogens is 278 g/mol. The van der Waals surface area contributed by atoms with Crippen molar-refractivity contribution >= 4 is 17.3 Å². The summed E-state index contributed by atoms with van der Waals surface area (Å²) in [5, 5.41) is 26.8. The molecule has 0 spiro atoms. The molecule has 0 aromatic heterocycles. The maximum absolute atomic E-state index is 11.0. The van der Waals surface area contributed by atoms with Crippen LogP contribution in [0.3, 0.4) is 0 Å². The van der Waals surface area contributed by atoms with Gasteiger partial charge >= 0.3 is 5.97 Å². The van der Waals surface area contributed by atoms with Crippen molar-refractivity contribution in [2.45, 2.75) is 0 Å². The fourth-order valence-corrected chi connectivity index (χ4v) is 1.48. The van der Waals surface area contributed by atoms with Gasteiger partial charge in [-0.3, -0.25) is 10.1 Å². The van der Waals surface area contributed by atoms with Crippen molar-refractivity contribution < 1.29 is 19.7 Å². The molecule has 2 aromatic carbocycles. The summed E-state index contributed by atoms with van der Waals surface area (Å²) in [6.07, 6.45) is 0. The Morgan fingerprint density at radius 1 is 1.19 bits per heavy atom. The number of nitro benzene ring substituents is 1. The van der Waals surface area contributed by atoms with Gasteiger partial charge in [0.2, 0.25) is 0 Å². The number of hydrogen-bond donors (Lipinski definition) is 1. The third kappa shape index (κ3) is 3.60. The van der Waals surface area contributed by atoms with Gasteiger partial charge in [-0.25, -0.2) is 4.79 Å². The van der Waals surface area contributed by atoms with Crippen molar-refractivity contribution in [2.24, 2.45) is 10.4 Å². The van der Waals surface area contributed by atoms with Crippen LogP contribution in [0, 0.1) is 10.1 Å². The number of non-ortho nitro benzene ring substituents is 1. The first-order valence-electron chi connectivity index (χ1n) is 5.73. The van der Waals surface area contributed by atoms with Gasteiger partial charge in [0.05, 0.1) is 16.7 Å². The molecule has 2 rings (SSSR count). The largest absolute Gasteiger partial charge is 0.478 e. The van der Waals surface area contributed by atoms with Gasteiger partial charge in [0.1, 0.15) is 5.56 Å². The summed E-state index contributed by atoms with van der Waals surface area (Å²) in [5.41, 5.74) is -0.0441. The van der Waals surface area contributed by atoms with Crippen molar-refractivity contribution in [3.8, 4) is 5.75 Å². The Labute approximate surface area is 118 Å². The highest BCUT2D eigenvalue weighted by Crippen LogP contribution is 2.25.